The molecule has 3 rings (SSSR count). The molecule has 1 aromatic carbocycles. The highest BCUT2D eigenvalue weighted by Gasteiger charge is 2.40. The Hall–Kier alpha value is -0.870. The Morgan fingerprint density at radius 3 is 2.76 bits per heavy atom. The molecular formula is C17H22BrNO2. The number of halogens is 1. The minimum Gasteiger partial charge on any atom is -0.398 e. The number of ether oxygens (including phenoxy) is 1. The quantitative estimate of drug-likeness (QED) is 0.636. The number of nitrogens with two attached hydrogens (primary N) is 1. The van der Waals surface area contributed by atoms with Gasteiger partial charge in [0, 0.05) is 28.2 Å². The maximum absolute atomic E-state index is 12.8. The summed E-state index contributed by atoms with van der Waals surface area (Å²) in [5.41, 5.74) is 7.20. The van der Waals surface area contributed by atoms with Crippen LogP contribution in [0.4, 0.5) is 5.69 Å². The average molecular weight is 352 g/mol. The summed E-state index contributed by atoms with van der Waals surface area (Å²) in [5, 5.41) is 0. The lowest BCUT2D eigenvalue weighted by Crippen LogP contribution is -2.43. The zero-order valence-corrected chi connectivity index (χ0v) is 13.8. The zero-order chi connectivity index (χ0) is 14.9. The van der Waals surface area contributed by atoms with Gasteiger partial charge < -0.3 is 10.5 Å². The second-order valence-electron chi connectivity index (χ2n) is 6.38. The molecule has 3 nitrogen and oxygen atoms in total. The number of carbonyl (C=O) groups excluding carboxylic acids is 1. The summed E-state index contributed by atoms with van der Waals surface area (Å²) in [6, 6.07) is 5.49. The molecule has 2 fully saturated rings. The van der Waals surface area contributed by atoms with Crippen LogP contribution in [0.25, 0.3) is 0 Å². The molecule has 4 heteroatoms. The number of Topliss-reactive ketones (excluding diaryl/α,β-unsaturated/α-hetero) is 1. The van der Waals surface area contributed by atoms with Crippen LogP contribution >= 0.6 is 15.9 Å². The first-order valence-corrected chi connectivity index (χ1v) is 8.62. The van der Waals surface area contributed by atoms with E-state index >= 15 is 0 Å². The summed E-state index contributed by atoms with van der Waals surface area (Å²) in [7, 11) is 0. The van der Waals surface area contributed by atoms with E-state index in [1.807, 2.05) is 12.1 Å². The van der Waals surface area contributed by atoms with Crippen molar-refractivity contribution in [2.45, 2.75) is 50.5 Å². The molecule has 2 aliphatic rings. The molecule has 1 saturated heterocycles. The summed E-state index contributed by atoms with van der Waals surface area (Å²) < 4.78 is 6.88. The normalized spacial score (nSPS) is 24.9. The van der Waals surface area contributed by atoms with Gasteiger partial charge in [0.05, 0.1) is 5.60 Å². The van der Waals surface area contributed by atoms with Gasteiger partial charge in [0.15, 0.2) is 5.78 Å². The van der Waals surface area contributed by atoms with Crippen molar-refractivity contribution in [3.63, 3.8) is 0 Å². The SMILES string of the molecule is Nc1ccc(C(=O)C2CCOC3(CCCCC3)C2)cc1Br. The van der Waals surface area contributed by atoms with Crippen LogP contribution in [0.15, 0.2) is 22.7 Å². The fraction of sp³-hybridized carbons (Fsp3) is 0.588. The Morgan fingerprint density at radius 1 is 1.29 bits per heavy atom. The third-order valence-corrected chi connectivity index (χ3v) is 5.60. The number of benzene rings is 1. The van der Waals surface area contributed by atoms with Gasteiger partial charge in [-0.3, -0.25) is 4.79 Å². The molecule has 0 amide bonds. The van der Waals surface area contributed by atoms with Gasteiger partial charge in [-0.15, -0.1) is 0 Å². The molecule has 1 aromatic rings. The Labute approximate surface area is 134 Å². The van der Waals surface area contributed by atoms with Crippen molar-refractivity contribution >= 4 is 27.4 Å². The predicted molar refractivity (Wildman–Crippen MR) is 87.4 cm³/mol. The molecule has 1 spiro atoms. The van der Waals surface area contributed by atoms with E-state index in [0.717, 1.165) is 35.7 Å². The first-order valence-electron chi connectivity index (χ1n) is 7.83. The third-order valence-electron chi connectivity index (χ3n) is 4.91. The maximum Gasteiger partial charge on any atom is 0.166 e. The molecule has 1 atom stereocenters. The first kappa shape index (κ1) is 15.0. The third kappa shape index (κ3) is 3.16. The summed E-state index contributed by atoms with van der Waals surface area (Å²) >= 11 is 3.41. The van der Waals surface area contributed by atoms with Crippen molar-refractivity contribution < 1.29 is 9.53 Å². The fourth-order valence-electron chi connectivity index (χ4n) is 3.71. The van der Waals surface area contributed by atoms with Crippen LogP contribution in [0.3, 0.4) is 0 Å². The van der Waals surface area contributed by atoms with E-state index in [-0.39, 0.29) is 17.3 Å². The van der Waals surface area contributed by atoms with Gasteiger partial charge in [-0.1, -0.05) is 19.3 Å². The molecule has 0 aromatic heterocycles. The molecule has 0 radical (unpaired) electrons. The summed E-state index contributed by atoms with van der Waals surface area (Å²) in [5.74, 6) is 0.330. The zero-order valence-electron chi connectivity index (χ0n) is 12.2. The van der Waals surface area contributed by atoms with Crippen LogP contribution in [0, 0.1) is 5.92 Å². The Bertz CT molecular complexity index is 532. The predicted octanol–water partition coefficient (Wildman–Crippen LogP) is 4.34. The van der Waals surface area contributed by atoms with Gasteiger partial charge in [-0.2, -0.15) is 0 Å². The smallest absolute Gasteiger partial charge is 0.166 e. The van der Waals surface area contributed by atoms with E-state index in [2.05, 4.69) is 15.9 Å². The van der Waals surface area contributed by atoms with Crippen LogP contribution < -0.4 is 5.73 Å². The molecule has 1 unspecified atom stereocenters. The van der Waals surface area contributed by atoms with Crippen molar-refractivity contribution in [1.29, 1.82) is 0 Å². The second kappa shape index (κ2) is 6.09. The number of nitrogen functional groups attached to an aromatic ring is 1. The second-order valence-corrected chi connectivity index (χ2v) is 7.24. The molecule has 1 saturated carbocycles. The Kier molecular flexibility index (Phi) is 4.36. The molecule has 2 N–H and O–H groups in total. The number of hydrogen-bond acceptors (Lipinski definition) is 3. The highest BCUT2D eigenvalue weighted by atomic mass is 79.9. The lowest BCUT2D eigenvalue weighted by molar-refractivity contribution is -0.111. The fourth-order valence-corrected chi connectivity index (χ4v) is 4.09. The Morgan fingerprint density at radius 2 is 2.05 bits per heavy atom. The van der Waals surface area contributed by atoms with Gasteiger partial charge in [0.1, 0.15) is 0 Å². The molecule has 114 valence electrons. The van der Waals surface area contributed by atoms with Gasteiger partial charge in [0.25, 0.3) is 0 Å². The number of anilines is 1. The standard InChI is InChI=1S/C17H22BrNO2/c18-14-10-12(4-5-15(14)19)16(20)13-6-9-21-17(11-13)7-2-1-3-8-17/h4-5,10,13H,1-3,6-9,11,19H2. The van der Waals surface area contributed by atoms with Crippen LogP contribution in [-0.2, 0) is 4.74 Å². The maximum atomic E-state index is 12.8. The lowest BCUT2D eigenvalue weighted by atomic mass is 9.74. The Balaban J connectivity index is 1.76. The minimum absolute atomic E-state index is 0.0259. The van der Waals surface area contributed by atoms with Crippen LogP contribution in [-0.4, -0.2) is 18.0 Å². The first-order chi connectivity index (χ1) is 10.1. The summed E-state index contributed by atoms with van der Waals surface area (Å²) in [6.07, 6.45) is 7.71. The van der Waals surface area contributed by atoms with Gasteiger partial charge in [0.2, 0.25) is 0 Å². The average Bonchev–Trinajstić information content (AvgIpc) is 2.50. The highest BCUT2D eigenvalue weighted by molar-refractivity contribution is 9.10. The molecule has 1 aliphatic carbocycles. The van der Waals surface area contributed by atoms with Crippen molar-refractivity contribution in [3.8, 4) is 0 Å². The van der Waals surface area contributed by atoms with Gasteiger partial charge >= 0.3 is 0 Å². The monoisotopic (exact) mass is 351 g/mol. The summed E-state index contributed by atoms with van der Waals surface area (Å²) in [6.45, 7) is 0.715. The van der Waals surface area contributed by atoms with Crippen molar-refractivity contribution in [2.24, 2.45) is 5.92 Å². The number of rotatable bonds is 2. The number of ketones is 1. The number of hydrogen-bond donors (Lipinski definition) is 1. The van der Waals surface area contributed by atoms with E-state index < -0.39 is 0 Å². The molecular weight excluding hydrogens is 330 g/mol. The molecule has 0 bridgehead atoms. The van der Waals surface area contributed by atoms with Crippen molar-refractivity contribution in [1.82, 2.24) is 0 Å². The van der Waals surface area contributed by atoms with E-state index in [9.17, 15) is 4.79 Å². The van der Waals surface area contributed by atoms with Crippen molar-refractivity contribution in [3.05, 3.63) is 28.2 Å². The van der Waals surface area contributed by atoms with Gasteiger partial charge in [-0.25, -0.2) is 0 Å². The molecule has 1 heterocycles. The highest BCUT2D eigenvalue weighted by Crippen LogP contribution is 2.41. The molecule has 21 heavy (non-hydrogen) atoms. The van der Waals surface area contributed by atoms with Crippen LogP contribution in [0.2, 0.25) is 0 Å². The van der Waals surface area contributed by atoms with Crippen molar-refractivity contribution in [2.75, 3.05) is 12.3 Å². The molecule has 1 aliphatic heterocycles. The van der Waals surface area contributed by atoms with Crippen LogP contribution in [0.1, 0.15) is 55.3 Å². The van der Waals surface area contributed by atoms with Gasteiger partial charge in [-0.05, 0) is 59.8 Å². The van der Waals surface area contributed by atoms with Crippen LogP contribution in [0.5, 0.6) is 0 Å². The summed E-state index contributed by atoms with van der Waals surface area (Å²) in [4.78, 5) is 12.8. The van der Waals surface area contributed by atoms with E-state index in [4.69, 9.17) is 10.5 Å². The topological polar surface area (TPSA) is 52.3 Å². The van der Waals surface area contributed by atoms with E-state index in [0.29, 0.717) is 12.3 Å². The minimum atomic E-state index is -0.0259. The van der Waals surface area contributed by atoms with E-state index in [1.165, 1.54) is 19.3 Å². The largest absolute Gasteiger partial charge is 0.398 e. The van der Waals surface area contributed by atoms with E-state index in [1.54, 1.807) is 6.07 Å². The lowest BCUT2D eigenvalue weighted by Gasteiger charge is -2.43. The number of carbonyl (C=O) groups is 1.